The van der Waals surface area contributed by atoms with Gasteiger partial charge < -0.3 is 10.1 Å². The van der Waals surface area contributed by atoms with E-state index in [4.69, 9.17) is 16.3 Å². The van der Waals surface area contributed by atoms with Gasteiger partial charge in [-0.25, -0.2) is 4.79 Å². The van der Waals surface area contributed by atoms with Gasteiger partial charge in [0.25, 0.3) is 5.91 Å². The van der Waals surface area contributed by atoms with E-state index < -0.39 is 0 Å². The van der Waals surface area contributed by atoms with Crippen molar-refractivity contribution in [2.24, 2.45) is 5.92 Å². The molecule has 1 aliphatic carbocycles. The van der Waals surface area contributed by atoms with Crippen LogP contribution in [0.3, 0.4) is 0 Å². The lowest BCUT2D eigenvalue weighted by molar-refractivity contribution is 0.0526. The van der Waals surface area contributed by atoms with Crippen molar-refractivity contribution in [3.63, 3.8) is 0 Å². The molecule has 0 radical (unpaired) electrons. The Balaban J connectivity index is 1.96. The number of fused-ring (bicyclic) bond motifs is 1. The molecule has 132 valence electrons. The van der Waals surface area contributed by atoms with Crippen LogP contribution in [0.2, 0.25) is 5.02 Å². The molecule has 1 aliphatic rings. The van der Waals surface area contributed by atoms with E-state index in [0.29, 0.717) is 33.7 Å². The summed E-state index contributed by atoms with van der Waals surface area (Å²) in [6.45, 7) is 4.28. The number of anilines is 1. The molecule has 0 fully saturated rings. The Morgan fingerprint density at radius 3 is 2.84 bits per heavy atom. The van der Waals surface area contributed by atoms with Crippen molar-refractivity contribution in [1.29, 1.82) is 0 Å². The van der Waals surface area contributed by atoms with Crippen LogP contribution in [-0.2, 0) is 17.6 Å². The minimum atomic E-state index is -0.371. The maximum absolute atomic E-state index is 12.6. The first-order valence-electron chi connectivity index (χ1n) is 8.38. The Bertz CT molecular complexity index is 815. The fourth-order valence-corrected chi connectivity index (χ4v) is 4.69. The number of nitrogens with one attached hydrogen (secondary N) is 1. The number of thiophene rings is 1. The molecule has 0 spiro atoms. The second-order valence-corrected chi connectivity index (χ2v) is 7.72. The van der Waals surface area contributed by atoms with E-state index in [1.54, 1.807) is 31.2 Å². The number of hydrogen-bond donors (Lipinski definition) is 1. The molecule has 1 aromatic heterocycles. The van der Waals surface area contributed by atoms with Crippen LogP contribution in [0, 0.1) is 5.92 Å². The highest BCUT2D eigenvalue weighted by Gasteiger charge is 2.29. The van der Waals surface area contributed by atoms with Crippen molar-refractivity contribution in [1.82, 2.24) is 0 Å². The molecule has 4 nitrogen and oxygen atoms in total. The minimum absolute atomic E-state index is 0.303. The van der Waals surface area contributed by atoms with Gasteiger partial charge in [0.05, 0.1) is 22.8 Å². The first-order chi connectivity index (χ1) is 12.0. The molecule has 1 amide bonds. The molecule has 1 aromatic carbocycles. The van der Waals surface area contributed by atoms with Gasteiger partial charge in [0.2, 0.25) is 0 Å². The Labute approximate surface area is 156 Å². The van der Waals surface area contributed by atoms with Gasteiger partial charge >= 0.3 is 5.97 Å². The van der Waals surface area contributed by atoms with E-state index in [-0.39, 0.29) is 11.9 Å². The number of ether oxygens (including phenoxy) is 1. The molecule has 0 unspecified atom stereocenters. The lowest BCUT2D eigenvalue weighted by Gasteiger charge is -2.18. The minimum Gasteiger partial charge on any atom is -0.462 e. The predicted molar refractivity (Wildman–Crippen MR) is 101 cm³/mol. The third-order valence-corrected chi connectivity index (χ3v) is 5.84. The normalized spacial score (nSPS) is 16.2. The largest absolute Gasteiger partial charge is 0.462 e. The molecule has 3 rings (SSSR count). The Morgan fingerprint density at radius 2 is 2.12 bits per heavy atom. The van der Waals surface area contributed by atoms with Crippen LogP contribution in [0.4, 0.5) is 5.00 Å². The SMILES string of the molecule is CCOC(=O)c1c(NC(=O)c2ccccc2Cl)sc2c1CC[C@@H](C)C2. The van der Waals surface area contributed by atoms with E-state index >= 15 is 0 Å². The van der Waals surface area contributed by atoms with Crippen molar-refractivity contribution in [3.05, 3.63) is 50.9 Å². The van der Waals surface area contributed by atoms with Crippen LogP contribution in [0.25, 0.3) is 0 Å². The lowest BCUT2D eigenvalue weighted by atomic mass is 9.88. The van der Waals surface area contributed by atoms with Crippen LogP contribution in [-0.4, -0.2) is 18.5 Å². The highest BCUT2D eigenvalue weighted by atomic mass is 35.5. The number of benzene rings is 1. The smallest absolute Gasteiger partial charge is 0.341 e. The maximum atomic E-state index is 12.6. The van der Waals surface area contributed by atoms with Gasteiger partial charge in [0, 0.05) is 4.88 Å². The van der Waals surface area contributed by atoms with E-state index in [1.165, 1.54) is 11.3 Å². The highest BCUT2D eigenvalue weighted by molar-refractivity contribution is 7.17. The predicted octanol–water partition coefficient (Wildman–Crippen LogP) is 4.96. The Hall–Kier alpha value is -1.85. The maximum Gasteiger partial charge on any atom is 0.341 e. The van der Waals surface area contributed by atoms with Crippen LogP contribution < -0.4 is 5.32 Å². The number of halogens is 1. The molecular formula is C19H20ClNO3S. The Morgan fingerprint density at radius 1 is 1.36 bits per heavy atom. The topological polar surface area (TPSA) is 55.4 Å². The number of hydrogen-bond acceptors (Lipinski definition) is 4. The number of esters is 1. The van der Waals surface area contributed by atoms with Crippen molar-refractivity contribution in [3.8, 4) is 0 Å². The summed E-state index contributed by atoms with van der Waals surface area (Å²) in [5, 5.41) is 3.81. The summed E-state index contributed by atoms with van der Waals surface area (Å²) >= 11 is 7.58. The molecule has 0 saturated heterocycles. The van der Waals surface area contributed by atoms with Gasteiger partial charge in [-0.1, -0.05) is 30.7 Å². The average molecular weight is 378 g/mol. The summed E-state index contributed by atoms with van der Waals surface area (Å²) in [4.78, 5) is 26.2. The number of carbonyl (C=O) groups is 2. The third kappa shape index (κ3) is 3.72. The molecule has 0 bridgehead atoms. The molecule has 0 aliphatic heterocycles. The first-order valence-corrected chi connectivity index (χ1v) is 9.58. The second kappa shape index (κ2) is 7.58. The summed E-state index contributed by atoms with van der Waals surface area (Å²) in [7, 11) is 0. The van der Waals surface area contributed by atoms with Crippen LogP contribution in [0.1, 0.15) is 51.4 Å². The summed E-state index contributed by atoms with van der Waals surface area (Å²) in [5.41, 5.74) is 1.92. The fraction of sp³-hybridized carbons (Fsp3) is 0.368. The van der Waals surface area contributed by atoms with Gasteiger partial charge in [0.15, 0.2) is 0 Å². The molecule has 25 heavy (non-hydrogen) atoms. The van der Waals surface area contributed by atoms with Crippen molar-refractivity contribution >= 4 is 39.8 Å². The summed E-state index contributed by atoms with van der Waals surface area (Å²) < 4.78 is 5.22. The van der Waals surface area contributed by atoms with Gasteiger partial charge in [-0.05, 0) is 49.8 Å². The molecule has 1 N–H and O–H groups in total. The third-order valence-electron chi connectivity index (χ3n) is 4.34. The van der Waals surface area contributed by atoms with Gasteiger partial charge in [0.1, 0.15) is 5.00 Å². The standard InChI is InChI=1S/C19H20ClNO3S/c1-3-24-19(23)16-13-9-8-11(2)10-15(13)25-18(16)21-17(22)12-6-4-5-7-14(12)20/h4-7,11H,3,8-10H2,1-2H3,(H,21,22)/t11-/m1/s1. The summed E-state index contributed by atoms with van der Waals surface area (Å²) in [6.07, 6.45) is 2.80. The van der Waals surface area contributed by atoms with E-state index in [9.17, 15) is 9.59 Å². The van der Waals surface area contributed by atoms with E-state index in [1.807, 2.05) is 0 Å². The van der Waals surface area contributed by atoms with E-state index in [2.05, 4.69) is 12.2 Å². The van der Waals surface area contributed by atoms with Crippen molar-refractivity contribution < 1.29 is 14.3 Å². The van der Waals surface area contributed by atoms with Gasteiger partial charge in [-0.15, -0.1) is 11.3 Å². The van der Waals surface area contributed by atoms with Crippen molar-refractivity contribution in [2.45, 2.75) is 33.1 Å². The Kier molecular flexibility index (Phi) is 5.45. The first kappa shape index (κ1) is 18.0. The van der Waals surface area contributed by atoms with Crippen LogP contribution >= 0.6 is 22.9 Å². The molecular weight excluding hydrogens is 358 g/mol. The second-order valence-electron chi connectivity index (χ2n) is 6.21. The molecule has 1 atom stereocenters. The zero-order valence-electron chi connectivity index (χ0n) is 14.2. The average Bonchev–Trinajstić information content (AvgIpc) is 2.92. The molecule has 2 aromatic rings. The number of amides is 1. The molecule has 6 heteroatoms. The van der Waals surface area contributed by atoms with Gasteiger partial charge in [-0.3, -0.25) is 4.79 Å². The molecule has 1 heterocycles. The van der Waals surface area contributed by atoms with Crippen LogP contribution in [0.15, 0.2) is 24.3 Å². The fourth-order valence-electron chi connectivity index (χ4n) is 3.07. The summed E-state index contributed by atoms with van der Waals surface area (Å²) in [6, 6.07) is 6.86. The molecule has 0 saturated carbocycles. The number of carbonyl (C=O) groups excluding carboxylic acids is 2. The van der Waals surface area contributed by atoms with Gasteiger partial charge in [-0.2, -0.15) is 0 Å². The quantitative estimate of drug-likeness (QED) is 0.766. The summed E-state index contributed by atoms with van der Waals surface area (Å²) in [5.74, 6) is -0.111. The monoisotopic (exact) mass is 377 g/mol. The zero-order chi connectivity index (χ0) is 18.0. The number of rotatable bonds is 4. The lowest BCUT2D eigenvalue weighted by Crippen LogP contribution is -2.17. The van der Waals surface area contributed by atoms with Crippen LogP contribution in [0.5, 0.6) is 0 Å². The van der Waals surface area contributed by atoms with E-state index in [0.717, 1.165) is 29.7 Å². The zero-order valence-corrected chi connectivity index (χ0v) is 15.8. The van der Waals surface area contributed by atoms with Crippen molar-refractivity contribution in [2.75, 3.05) is 11.9 Å². The highest BCUT2D eigenvalue weighted by Crippen LogP contribution is 2.40.